The number of benzene rings is 1. The molecule has 1 N–H and O–H groups in total. The highest BCUT2D eigenvalue weighted by Gasteiger charge is 2.22. The molecule has 6 heteroatoms. The summed E-state index contributed by atoms with van der Waals surface area (Å²) in [5, 5.41) is 6.10. The summed E-state index contributed by atoms with van der Waals surface area (Å²) in [5.74, 6) is -0.177. The summed E-state index contributed by atoms with van der Waals surface area (Å²) in [6.45, 7) is 2.56. The van der Waals surface area contributed by atoms with Crippen LogP contribution in [-0.2, 0) is 4.79 Å². The number of hydrazone groups is 1. The maximum Gasteiger partial charge on any atom is 0.271 e. The lowest BCUT2D eigenvalue weighted by Crippen LogP contribution is -2.24. The van der Waals surface area contributed by atoms with Crippen LogP contribution in [0.5, 0.6) is 0 Å². The highest BCUT2D eigenvalue weighted by Crippen LogP contribution is 2.22. The molecule has 0 bridgehead atoms. The van der Waals surface area contributed by atoms with Crippen molar-refractivity contribution in [3.63, 3.8) is 0 Å². The molecule has 1 aliphatic rings. The number of hydrogen-bond acceptors (Lipinski definition) is 4. The Morgan fingerprint density at radius 3 is 2.87 bits per heavy atom. The first kappa shape index (κ1) is 15.4. The number of thiophene rings is 1. The fourth-order valence-corrected chi connectivity index (χ4v) is 3.15. The third kappa shape index (κ3) is 3.48. The van der Waals surface area contributed by atoms with Gasteiger partial charge in [-0.25, -0.2) is 5.43 Å². The van der Waals surface area contributed by atoms with Gasteiger partial charge in [0.2, 0.25) is 5.91 Å². The molecule has 1 saturated heterocycles. The molecule has 3 rings (SSSR count). The topological polar surface area (TPSA) is 61.8 Å². The Bertz CT molecular complexity index is 753. The molecular formula is C17H17N3O2S. The molecule has 0 radical (unpaired) electrons. The molecule has 1 fully saturated rings. The second-order valence-corrected chi connectivity index (χ2v) is 6.26. The second kappa shape index (κ2) is 6.75. The summed E-state index contributed by atoms with van der Waals surface area (Å²) in [7, 11) is 0. The number of carbonyl (C=O) groups excluding carboxylic acids is 2. The van der Waals surface area contributed by atoms with E-state index in [0.29, 0.717) is 18.5 Å². The van der Waals surface area contributed by atoms with Gasteiger partial charge in [-0.2, -0.15) is 5.10 Å². The Kier molecular flexibility index (Phi) is 4.52. The van der Waals surface area contributed by atoms with Gasteiger partial charge in [-0.3, -0.25) is 9.59 Å². The van der Waals surface area contributed by atoms with Crippen molar-refractivity contribution < 1.29 is 9.59 Å². The van der Waals surface area contributed by atoms with E-state index < -0.39 is 0 Å². The Balaban J connectivity index is 1.73. The van der Waals surface area contributed by atoms with Gasteiger partial charge in [0.15, 0.2) is 0 Å². The molecule has 5 nitrogen and oxygen atoms in total. The first-order valence-corrected chi connectivity index (χ1v) is 8.32. The zero-order valence-electron chi connectivity index (χ0n) is 12.8. The molecule has 1 aromatic carbocycles. The van der Waals surface area contributed by atoms with Crippen LogP contribution in [0.15, 0.2) is 46.9 Å². The van der Waals surface area contributed by atoms with E-state index in [1.54, 1.807) is 34.4 Å². The van der Waals surface area contributed by atoms with E-state index in [0.717, 1.165) is 22.7 Å². The maximum atomic E-state index is 12.2. The van der Waals surface area contributed by atoms with Crippen molar-refractivity contribution in [2.24, 2.45) is 5.10 Å². The predicted octanol–water partition coefficient (Wildman–Crippen LogP) is 3.03. The minimum Gasteiger partial charge on any atom is -0.312 e. The molecule has 0 spiro atoms. The molecule has 0 unspecified atom stereocenters. The molecule has 0 atom stereocenters. The second-order valence-electron chi connectivity index (χ2n) is 5.31. The fourth-order valence-electron chi connectivity index (χ4n) is 2.47. The van der Waals surface area contributed by atoms with Crippen LogP contribution in [0.4, 0.5) is 5.69 Å². The zero-order chi connectivity index (χ0) is 16.2. The summed E-state index contributed by atoms with van der Waals surface area (Å²) in [5.41, 5.74) is 4.59. The van der Waals surface area contributed by atoms with E-state index in [-0.39, 0.29) is 11.8 Å². The van der Waals surface area contributed by atoms with Crippen LogP contribution < -0.4 is 10.3 Å². The van der Waals surface area contributed by atoms with Crippen molar-refractivity contribution in [2.45, 2.75) is 19.8 Å². The third-order valence-electron chi connectivity index (χ3n) is 3.70. The monoisotopic (exact) mass is 327 g/mol. The Labute approximate surface area is 138 Å². The summed E-state index contributed by atoms with van der Waals surface area (Å²) in [6.07, 6.45) is 1.43. The Hall–Kier alpha value is -2.47. The molecule has 2 aromatic rings. The minimum atomic E-state index is -0.283. The van der Waals surface area contributed by atoms with Crippen LogP contribution in [0, 0.1) is 0 Å². The summed E-state index contributed by atoms with van der Waals surface area (Å²) in [4.78, 5) is 26.8. The van der Waals surface area contributed by atoms with E-state index in [9.17, 15) is 9.59 Å². The minimum absolute atomic E-state index is 0.106. The van der Waals surface area contributed by atoms with Crippen molar-refractivity contribution in [2.75, 3.05) is 11.4 Å². The number of anilines is 1. The average Bonchev–Trinajstić information content (AvgIpc) is 3.24. The van der Waals surface area contributed by atoms with Crippen LogP contribution in [0.1, 0.15) is 35.0 Å². The van der Waals surface area contributed by atoms with E-state index in [1.165, 1.54) is 0 Å². The number of carbonyl (C=O) groups is 2. The lowest BCUT2D eigenvalue weighted by molar-refractivity contribution is -0.117. The van der Waals surface area contributed by atoms with Gasteiger partial charge in [0, 0.05) is 29.1 Å². The maximum absolute atomic E-state index is 12.2. The van der Waals surface area contributed by atoms with Crippen LogP contribution >= 0.6 is 11.3 Å². The van der Waals surface area contributed by atoms with Gasteiger partial charge in [-0.05, 0) is 43.0 Å². The van der Waals surface area contributed by atoms with E-state index in [2.05, 4.69) is 10.5 Å². The Morgan fingerprint density at radius 2 is 2.17 bits per heavy atom. The third-order valence-corrected chi connectivity index (χ3v) is 4.67. The van der Waals surface area contributed by atoms with Crippen molar-refractivity contribution >= 4 is 34.6 Å². The number of nitrogens with one attached hydrogen (secondary N) is 1. The quantitative estimate of drug-likeness (QED) is 0.693. The van der Waals surface area contributed by atoms with Crippen molar-refractivity contribution in [3.8, 4) is 0 Å². The lowest BCUT2D eigenvalue weighted by atomic mass is 10.2. The molecule has 1 aromatic heterocycles. The number of nitrogens with zero attached hydrogens (tertiary/aromatic N) is 2. The van der Waals surface area contributed by atoms with Crippen molar-refractivity contribution in [3.05, 3.63) is 52.2 Å². The van der Waals surface area contributed by atoms with Gasteiger partial charge in [-0.1, -0.05) is 12.1 Å². The molecule has 2 heterocycles. The SMILES string of the molecule is CC(=NNC(=O)c1cccc(N2CCCC2=O)c1)c1cccs1. The van der Waals surface area contributed by atoms with Gasteiger partial charge in [-0.15, -0.1) is 11.3 Å². The van der Waals surface area contributed by atoms with Crippen LogP contribution in [0.3, 0.4) is 0 Å². The summed E-state index contributed by atoms with van der Waals surface area (Å²) >= 11 is 1.57. The highest BCUT2D eigenvalue weighted by atomic mass is 32.1. The highest BCUT2D eigenvalue weighted by molar-refractivity contribution is 7.12. The van der Waals surface area contributed by atoms with Gasteiger partial charge in [0.05, 0.1) is 5.71 Å². The van der Waals surface area contributed by atoms with Crippen LogP contribution in [0.25, 0.3) is 0 Å². The lowest BCUT2D eigenvalue weighted by Gasteiger charge is -2.16. The molecule has 1 aliphatic heterocycles. The summed E-state index contributed by atoms with van der Waals surface area (Å²) in [6, 6.07) is 11.0. The largest absolute Gasteiger partial charge is 0.312 e. The van der Waals surface area contributed by atoms with Gasteiger partial charge in [0.1, 0.15) is 0 Å². The predicted molar refractivity (Wildman–Crippen MR) is 92.0 cm³/mol. The normalized spacial score (nSPS) is 15.1. The molecule has 23 heavy (non-hydrogen) atoms. The summed E-state index contributed by atoms with van der Waals surface area (Å²) < 4.78 is 0. The molecular weight excluding hydrogens is 310 g/mol. The fraction of sp³-hybridized carbons (Fsp3) is 0.235. The van der Waals surface area contributed by atoms with Crippen molar-refractivity contribution in [1.29, 1.82) is 0 Å². The van der Waals surface area contributed by atoms with Gasteiger partial charge >= 0.3 is 0 Å². The van der Waals surface area contributed by atoms with E-state index >= 15 is 0 Å². The Morgan fingerprint density at radius 1 is 1.30 bits per heavy atom. The van der Waals surface area contributed by atoms with Crippen molar-refractivity contribution in [1.82, 2.24) is 5.43 Å². The molecule has 118 valence electrons. The number of hydrogen-bond donors (Lipinski definition) is 1. The molecule has 0 saturated carbocycles. The first-order valence-electron chi connectivity index (χ1n) is 7.44. The van der Waals surface area contributed by atoms with Crippen LogP contribution in [-0.4, -0.2) is 24.1 Å². The first-order chi connectivity index (χ1) is 11.1. The van der Waals surface area contributed by atoms with Crippen LogP contribution in [0.2, 0.25) is 0 Å². The van der Waals surface area contributed by atoms with E-state index in [4.69, 9.17) is 0 Å². The average molecular weight is 327 g/mol. The molecule has 0 aliphatic carbocycles. The van der Waals surface area contributed by atoms with Gasteiger partial charge < -0.3 is 4.90 Å². The van der Waals surface area contributed by atoms with E-state index in [1.807, 2.05) is 30.5 Å². The standard InChI is InChI=1S/C17H17N3O2S/c1-12(15-7-4-10-23-15)18-19-17(22)13-5-2-6-14(11-13)20-9-3-8-16(20)21/h2,4-7,10-11H,3,8-9H2,1H3,(H,19,22). The smallest absolute Gasteiger partial charge is 0.271 e. The molecule has 2 amide bonds. The number of amides is 2. The number of rotatable bonds is 4. The zero-order valence-corrected chi connectivity index (χ0v) is 13.6. The van der Waals surface area contributed by atoms with Gasteiger partial charge in [0.25, 0.3) is 5.91 Å².